The molecule has 2 rings (SSSR count). The first-order valence-electron chi connectivity index (χ1n) is 3.52. The van der Waals surface area contributed by atoms with Crippen LogP contribution in [0.5, 0.6) is 0 Å². The van der Waals surface area contributed by atoms with Gasteiger partial charge in [-0.2, -0.15) is 0 Å². The van der Waals surface area contributed by atoms with Crippen molar-refractivity contribution in [2.24, 2.45) is 0 Å². The summed E-state index contributed by atoms with van der Waals surface area (Å²) in [6, 6.07) is 0.539. The Kier molecular flexibility index (Phi) is 1.24. The summed E-state index contributed by atoms with van der Waals surface area (Å²) >= 11 is 0. The van der Waals surface area contributed by atoms with Gasteiger partial charge in [0.1, 0.15) is 6.26 Å². The second-order valence-corrected chi connectivity index (χ2v) is 2.77. The van der Waals surface area contributed by atoms with E-state index in [1.807, 2.05) is 0 Å². The third-order valence-corrected chi connectivity index (χ3v) is 1.87. The summed E-state index contributed by atoms with van der Waals surface area (Å²) in [6.45, 7) is 3.05. The van der Waals surface area contributed by atoms with Gasteiger partial charge in [0.15, 0.2) is 0 Å². The molecule has 0 unspecified atom stereocenters. The Balaban J connectivity index is 2.30. The fraction of sp³-hybridized carbons (Fsp3) is 0.571. The van der Waals surface area contributed by atoms with E-state index in [9.17, 15) is 0 Å². The minimum absolute atomic E-state index is 0.539. The summed E-state index contributed by atoms with van der Waals surface area (Å²) < 4.78 is 4.83. The molecule has 10 heavy (non-hydrogen) atoms. The summed E-state index contributed by atoms with van der Waals surface area (Å²) in [5, 5.41) is 7.22. The molecule has 1 aromatic heterocycles. The van der Waals surface area contributed by atoms with E-state index < -0.39 is 0 Å². The van der Waals surface area contributed by atoms with E-state index in [2.05, 4.69) is 17.4 Å². The summed E-state index contributed by atoms with van der Waals surface area (Å²) in [5.74, 6) is 0. The molecule has 1 aliphatic heterocycles. The normalized spacial score (nSPS) is 24.3. The van der Waals surface area contributed by atoms with E-state index in [0.29, 0.717) is 6.04 Å². The monoisotopic (exact) mass is 138 g/mol. The van der Waals surface area contributed by atoms with Crippen molar-refractivity contribution in [1.82, 2.24) is 10.5 Å². The van der Waals surface area contributed by atoms with Crippen LogP contribution in [-0.4, -0.2) is 11.2 Å². The summed E-state index contributed by atoms with van der Waals surface area (Å²) in [7, 11) is 0. The quantitative estimate of drug-likeness (QED) is 0.573. The number of nitrogens with one attached hydrogen (secondary N) is 1. The zero-order chi connectivity index (χ0) is 6.97. The molecule has 0 saturated carbocycles. The van der Waals surface area contributed by atoms with E-state index in [1.54, 1.807) is 6.26 Å². The maximum atomic E-state index is 4.83. The molecule has 1 atom stereocenters. The fourth-order valence-corrected chi connectivity index (χ4v) is 1.24. The fourth-order valence-electron chi connectivity index (χ4n) is 1.24. The number of aromatic nitrogens is 1. The van der Waals surface area contributed by atoms with Gasteiger partial charge in [-0.1, -0.05) is 5.16 Å². The van der Waals surface area contributed by atoms with Gasteiger partial charge >= 0.3 is 0 Å². The predicted molar refractivity (Wildman–Crippen MR) is 36.5 cm³/mol. The number of nitrogens with zero attached hydrogens (tertiary/aromatic N) is 1. The topological polar surface area (TPSA) is 38.1 Å². The van der Waals surface area contributed by atoms with Crippen molar-refractivity contribution in [2.75, 3.05) is 0 Å². The van der Waals surface area contributed by atoms with Gasteiger partial charge in [0.2, 0.25) is 0 Å². The van der Waals surface area contributed by atoms with Crippen LogP contribution in [0.25, 0.3) is 0 Å². The zero-order valence-corrected chi connectivity index (χ0v) is 5.92. The van der Waals surface area contributed by atoms with Gasteiger partial charge in [-0.3, -0.25) is 0 Å². The number of hydrogen-bond acceptors (Lipinski definition) is 3. The third kappa shape index (κ3) is 0.827. The average Bonchev–Trinajstić information content (AvgIpc) is 2.33. The van der Waals surface area contributed by atoms with Crippen LogP contribution in [0, 0.1) is 0 Å². The summed E-state index contributed by atoms with van der Waals surface area (Å²) in [6.07, 6.45) is 2.71. The Morgan fingerprint density at radius 3 is 3.60 bits per heavy atom. The third-order valence-electron chi connectivity index (χ3n) is 1.87. The molecule has 0 spiro atoms. The molecular weight excluding hydrogens is 128 g/mol. The van der Waals surface area contributed by atoms with E-state index in [1.165, 1.54) is 5.56 Å². The van der Waals surface area contributed by atoms with Crippen molar-refractivity contribution in [3.8, 4) is 0 Å². The van der Waals surface area contributed by atoms with E-state index in [0.717, 1.165) is 18.7 Å². The van der Waals surface area contributed by atoms with Crippen LogP contribution in [0.15, 0.2) is 10.8 Å². The highest BCUT2D eigenvalue weighted by atomic mass is 16.5. The van der Waals surface area contributed by atoms with Gasteiger partial charge in [-0.15, -0.1) is 0 Å². The minimum atomic E-state index is 0.539. The van der Waals surface area contributed by atoms with Crippen LogP contribution >= 0.6 is 0 Å². The maximum Gasteiger partial charge on any atom is 0.128 e. The lowest BCUT2D eigenvalue weighted by molar-refractivity contribution is 0.408. The molecule has 3 nitrogen and oxygen atoms in total. The molecule has 0 saturated heterocycles. The summed E-state index contributed by atoms with van der Waals surface area (Å²) in [5.41, 5.74) is 2.32. The molecule has 1 aliphatic rings. The molecule has 0 amide bonds. The standard InChI is InChI=1S/C7H10N2O/c1-5-2-7-6(3-8-5)4-10-9-7/h4-5,8H,2-3H2,1H3/t5-/m1/s1. The number of hydrogen-bond donors (Lipinski definition) is 1. The Morgan fingerprint density at radius 2 is 2.70 bits per heavy atom. The van der Waals surface area contributed by atoms with Crippen LogP contribution in [0.4, 0.5) is 0 Å². The largest absolute Gasteiger partial charge is 0.364 e. The maximum absolute atomic E-state index is 4.83. The van der Waals surface area contributed by atoms with Crippen LogP contribution in [0.3, 0.4) is 0 Å². The Morgan fingerprint density at radius 1 is 1.80 bits per heavy atom. The summed E-state index contributed by atoms with van der Waals surface area (Å²) in [4.78, 5) is 0. The smallest absolute Gasteiger partial charge is 0.128 e. The van der Waals surface area contributed by atoms with Crippen LogP contribution in [0.1, 0.15) is 18.2 Å². The van der Waals surface area contributed by atoms with Gasteiger partial charge in [-0.25, -0.2) is 0 Å². The highest BCUT2D eigenvalue weighted by Crippen LogP contribution is 2.13. The highest BCUT2D eigenvalue weighted by Gasteiger charge is 2.16. The van der Waals surface area contributed by atoms with Gasteiger partial charge in [0, 0.05) is 24.6 Å². The molecule has 0 aromatic carbocycles. The van der Waals surface area contributed by atoms with Gasteiger partial charge in [0.05, 0.1) is 5.69 Å². The lowest BCUT2D eigenvalue weighted by atomic mass is 10.1. The van der Waals surface area contributed by atoms with Crippen LogP contribution in [0.2, 0.25) is 0 Å². The zero-order valence-electron chi connectivity index (χ0n) is 5.92. The molecular formula is C7H10N2O. The van der Waals surface area contributed by atoms with Crippen molar-refractivity contribution in [3.05, 3.63) is 17.5 Å². The SMILES string of the molecule is C[C@@H]1Cc2nocc2CN1. The number of fused-ring (bicyclic) bond motifs is 1. The van der Waals surface area contributed by atoms with E-state index in [-0.39, 0.29) is 0 Å². The van der Waals surface area contributed by atoms with Crippen molar-refractivity contribution < 1.29 is 4.52 Å². The first-order valence-corrected chi connectivity index (χ1v) is 3.52. The molecule has 0 bridgehead atoms. The van der Waals surface area contributed by atoms with Crippen molar-refractivity contribution in [1.29, 1.82) is 0 Å². The molecule has 0 fully saturated rings. The van der Waals surface area contributed by atoms with Gasteiger partial charge < -0.3 is 9.84 Å². The first-order chi connectivity index (χ1) is 4.86. The number of rotatable bonds is 0. The Bertz CT molecular complexity index is 231. The molecule has 1 aromatic rings. The van der Waals surface area contributed by atoms with Gasteiger partial charge in [0.25, 0.3) is 0 Å². The molecule has 2 heterocycles. The molecule has 1 N–H and O–H groups in total. The first kappa shape index (κ1) is 5.92. The van der Waals surface area contributed by atoms with E-state index >= 15 is 0 Å². The van der Waals surface area contributed by atoms with Crippen molar-refractivity contribution in [3.63, 3.8) is 0 Å². The second kappa shape index (κ2) is 2.09. The molecule has 54 valence electrons. The van der Waals surface area contributed by atoms with Crippen LogP contribution < -0.4 is 5.32 Å². The molecule has 0 aliphatic carbocycles. The predicted octanol–water partition coefficient (Wildman–Crippen LogP) is 0.709. The van der Waals surface area contributed by atoms with Gasteiger partial charge in [-0.05, 0) is 6.92 Å². The highest BCUT2D eigenvalue weighted by molar-refractivity contribution is 5.18. The van der Waals surface area contributed by atoms with E-state index in [4.69, 9.17) is 4.52 Å². The molecule has 0 radical (unpaired) electrons. The molecule has 3 heteroatoms. The Labute approximate surface area is 59.4 Å². The second-order valence-electron chi connectivity index (χ2n) is 2.77. The minimum Gasteiger partial charge on any atom is -0.364 e. The lowest BCUT2D eigenvalue weighted by Gasteiger charge is -2.17. The van der Waals surface area contributed by atoms with Crippen LogP contribution in [-0.2, 0) is 13.0 Å². The average molecular weight is 138 g/mol. The lowest BCUT2D eigenvalue weighted by Crippen LogP contribution is -2.32. The van der Waals surface area contributed by atoms with Crippen molar-refractivity contribution >= 4 is 0 Å². The Hall–Kier alpha value is -0.830. The van der Waals surface area contributed by atoms with Crippen molar-refractivity contribution in [2.45, 2.75) is 25.9 Å².